The molecule has 0 aromatic rings. The zero-order chi connectivity index (χ0) is 40.0. The van der Waals surface area contributed by atoms with E-state index in [4.69, 9.17) is 9.05 Å². The van der Waals surface area contributed by atoms with Crippen LogP contribution in [0.4, 0.5) is 0 Å². The Kier molecular flexibility index (Phi) is 36.8. The van der Waals surface area contributed by atoms with E-state index in [9.17, 15) is 19.4 Å². The monoisotopic (exact) mass is 785 g/mol. The van der Waals surface area contributed by atoms with Crippen LogP contribution in [0.2, 0.25) is 0 Å². The summed E-state index contributed by atoms with van der Waals surface area (Å²) in [6.45, 7) is 4.61. The van der Waals surface area contributed by atoms with Crippen molar-refractivity contribution in [1.29, 1.82) is 0 Å². The Hall–Kier alpha value is -1.02. The van der Waals surface area contributed by atoms with E-state index in [0.29, 0.717) is 23.9 Å². The van der Waals surface area contributed by atoms with Crippen LogP contribution in [0.25, 0.3) is 0 Å². The molecule has 0 rings (SSSR count). The molecular weight excluding hydrogens is 695 g/mol. The van der Waals surface area contributed by atoms with Gasteiger partial charge in [0.15, 0.2) is 0 Å². The van der Waals surface area contributed by atoms with Crippen molar-refractivity contribution in [2.75, 3.05) is 40.9 Å². The number of allylic oxidation sites excluding steroid dienone is 4. The molecule has 0 aliphatic heterocycles. The van der Waals surface area contributed by atoms with E-state index in [1.165, 1.54) is 128 Å². The zero-order valence-electron chi connectivity index (χ0n) is 36.2. The fourth-order valence-corrected chi connectivity index (χ4v) is 7.33. The minimum Gasteiger partial charge on any atom is -0.756 e. The molecule has 0 saturated carbocycles. The molecule has 0 spiro atoms. The average Bonchev–Trinajstić information content (AvgIpc) is 3.12. The third kappa shape index (κ3) is 39.2. The second-order valence-electron chi connectivity index (χ2n) is 16.7. The number of unbranched alkanes of at least 4 members (excludes halogenated alkanes) is 24. The molecule has 3 atom stereocenters. The molecule has 2 N–H and O–H groups in total. The summed E-state index contributed by atoms with van der Waals surface area (Å²) in [5.41, 5.74) is 0. The molecule has 1 amide bonds. The number of aliphatic hydroxyl groups is 1. The van der Waals surface area contributed by atoms with Gasteiger partial charge in [0.05, 0.1) is 39.9 Å². The summed E-state index contributed by atoms with van der Waals surface area (Å²) in [4.78, 5) is 25.3. The number of rotatable bonds is 41. The van der Waals surface area contributed by atoms with Crippen LogP contribution in [-0.4, -0.2) is 68.5 Å². The van der Waals surface area contributed by atoms with Crippen LogP contribution < -0.4 is 10.2 Å². The van der Waals surface area contributed by atoms with Crippen molar-refractivity contribution in [2.24, 2.45) is 0 Å². The maximum Gasteiger partial charge on any atom is 0.268 e. The lowest BCUT2D eigenvalue weighted by Crippen LogP contribution is -2.46. The van der Waals surface area contributed by atoms with Crippen LogP contribution in [0, 0.1) is 0 Å². The SMILES string of the molecule is CC/C=C\C/C=C\CCCCCCCCCCCCCCCCC(=O)NC(COP(=O)([O-])OCC[N+](C)(C)C)C(O)CCCCCCCCCCCCC. The van der Waals surface area contributed by atoms with E-state index in [-0.39, 0.29) is 19.1 Å². The molecular formula is C45H89N2O6P. The highest BCUT2D eigenvalue weighted by Gasteiger charge is 2.24. The fourth-order valence-electron chi connectivity index (χ4n) is 6.61. The number of carbonyl (C=O) groups excluding carboxylic acids is 1. The van der Waals surface area contributed by atoms with Crippen molar-refractivity contribution in [3.05, 3.63) is 24.3 Å². The number of nitrogens with zero attached hydrogens (tertiary/aromatic N) is 1. The van der Waals surface area contributed by atoms with E-state index in [1.807, 2.05) is 21.1 Å². The van der Waals surface area contributed by atoms with Gasteiger partial charge in [-0.25, -0.2) is 0 Å². The summed E-state index contributed by atoms with van der Waals surface area (Å²) in [6.07, 6.45) is 43.3. The van der Waals surface area contributed by atoms with Gasteiger partial charge in [0.2, 0.25) is 5.91 Å². The third-order valence-corrected chi connectivity index (χ3v) is 11.2. The highest BCUT2D eigenvalue weighted by molar-refractivity contribution is 7.45. The minimum absolute atomic E-state index is 0.0132. The zero-order valence-corrected chi connectivity index (χ0v) is 37.1. The molecule has 0 bridgehead atoms. The Morgan fingerprint density at radius 1 is 0.667 bits per heavy atom. The lowest BCUT2D eigenvalue weighted by molar-refractivity contribution is -0.870. The first-order valence-electron chi connectivity index (χ1n) is 22.7. The first-order chi connectivity index (χ1) is 26.0. The lowest BCUT2D eigenvalue weighted by Gasteiger charge is -2.30. The maximum atomic E-state index is 12.9. The van der Waals surface area contributed by atoms with Crippen molar-refractivity contribution < 1.29 is 32.9 Å². The van der Waals surface area contributed by atoms with Crippen LogP contribution in [0.15, 0.2) is 24.3 Å². The van der Waals surface area contributed by atoms with Gasteiger partial charge >= 0.3 is 0 Å². The van der Waals surface area contributed by atoms with Gasteiger partial charge in [0, 0.05) is 6.42 Å². The quantitative estimate of drug-likeness (QED) is 0.0277. The summed E-state index contributed by atoms with van der Waals surface area (Å²) in [6, 6.07) is -0.796. The summed E-state index contributed by atoms with van der Waals surface area (Å²) in [5, 5.41) is 13.9. The van der Waals surface area contributed by atoms with Crippen molar-refractivity contribution in [1.82, 2.24) is 5.32 Å². The Morgan fingerprint density at radius 3 is 1.63 bits per heavy atom. The molecule has 0 radical (unpaired) electrons. The summed E-state index contributed by atoms with van der Waals surface area (Å²) >= 11 is 0. The van der Waals surface area contributed by atoms with Crippen LogP contribution in [0.5, 0.6) is 0 Å². The molecule has 3 unspecified atom stereocenters. The molecule has 8 nitrogen and oxygen atoms in total. The number of phosphoric ester groups is 1. The highest BCUT2D eigenvalue weighted by Crippen LogP contribution is 2.38. The molecule has 0 aliphatic rings. The fraction of sp³-hybridized carbons (Fsp3) is 0.889. The van der Waals surface area contributed by atoms with Crippen molar-refractivity contribution in [3.63, 3.8) is 0 Å². The smallest absolute Gasteiger partial charge is 0.268 e. The number of hydrogen-bond acceptors (Lipinski definition) is 6. The van der Waals surface area contributed by atoms with Crippen LogP contribution in [0.3, 0.4) is 0 Å². The van der Waals surface area contributed by atoms with Gasteiger partial charge in [-0.3, -0.25) is 9.36 Å². The molecule has 0 fully saturated rings. The van der Waals surface area contributed by atoms with E-state index in [0.717, 1.165) is 51.4 Å². The van der Waals surface area contributed by atoms with Gasteiger partial charge in [-0.05, 0) is 38.5 Å². The molecule has 54 heavy (non-hydrogen) atoms. The standard InChI is InChI=1S/C45H89N2O6P/c1-6-8-10-12-14-16-18-19-20-21-22-23-24-25-26-27-29-31-33-35-37-39-45(49)46-43(42-53-54(50,51)52-41-40-47(3,4)5)44(48)38-36-34-32-30-28-17-15-13-11-9-7-2/h8,10,14,16,43-44,48H,6-7,9,11-13,15,17-42H2,1-5H3,(H-,46,49,50,51)/b10-8-,16-14-. The van der Waals surface area contributed by atoms with Crippen LogP contribution in [-0.2, 0) is 18.4 Å². The number of nitrogens with one attached hydrogen (secondary N) is 1. The summed E-state index contributed by atoms with van der Waals surface area (Å²) in [5.74, 6) is -0.166. The summed E-state index contributed by atoms with van der Waals surface area (Å²) in [7, 11) is 1.31. The van der Waals surface area contributed by atoms with E-state index in [2.05, 4.69) is 43.5 Å². The number of aliphatic hydroxyl groups excluding tert-OH is 1. The molecule has 0 heterocycles. The predicted octanol–water partition coefficient (Wildman–Crippen LogP) is 11.9. The number of hydrogen-bond donors (Lipinski definition) is 2. The first-order valence-corrected chi connectivity index (χ1v) is 24.1. The molecule has 0 saturated heterocycles. The van der Waals surface area contributed by atoms with Gasteiger partial charge in [-0.2, -0.15) is 0 Å². The Balaban J connectivity index is 4.23. The Labute approximate surface area is 334 Å². The predicted molar refractivity (Wildman–Crippen MR) is 228 cm³/mol. The van der Waals surface area contributed by atoms with Crippen LogP contribution in [0.1, 0.15) is 206 Å². The molecule has 0 aromatic heterocycles. The molecule has 0 aliphatic carbocycles. The van der Waals surface area contributed by atoms with E-state index < -0.39 is 20.0 Å². The lowest BCUT2D eigenvalue weighted by atomic mass is 10.0. The van der Waals surface area contributed by atoms with Gasteiger partial charge in [0.25, 0.3) is 7.82 Å². The molecule has 0 aromatic carbocycles. The maximum absolute atomic E-state index is 12.9. The number of amides is 1. The summed E-state index contributed by atoms with van der Waals surface area (Å²) < 4.78 is 23.2. The van der Waals surface area contributed by atoms with Crippen LogP contribution >= 0.6 is 7.82 Å². The van der Waals surface area contributed by atoms with E-state index in [1.54, 1.807) is 0 Å². The number of carbonyl (C=O) groups is 1. The Morgan fingerprint density at radius 2 is 1.13 bits per heavy atom. The second kappa shape index (κ2) is 37.6. The van der Waals surface area contributed by atoms with Gasteiger partial charge in [0.1, 0.15) is 13.2 Å². The topological polar surface area (TPSA) is 108 Å². The third-order valence-electron chi connectivity index (χ3n) is 10.2. The number of quaternary nitrogens is 1. The van der Waals surface area contributed by atoms with Gasteiger partial charge in [-0.15, -0.1) is 0 Å². The minimum atomic E-state index is -4.56. The highest BCUT2D eigenvalue weighted by atomic mass is 31.2. The Bertz CT molecular complexity index is 938. The van der Waals surface area contributed by atoms with Gasteiger partial charge in [-0.1, -0.05) is 186 Å². The van der Waals surface area contributed by atoms with Crippen molar-refractivity contribution in [2.45, 2.75) is 219 Å². The van der Waals surface area contributed by atoms with Crippen molar-refractivity contribution >= 4 is 13.7 Å². The number of likely N-dealkylation sites (N-methyl/N-ethyl adjacent to an activating group) is 1. The molecule has 9 heteroatoms. The van der Waals surface area contributed by atoms with Crippen molar-refractivity contribution in [3.8, 4) is 0 Å². The average molecular weight is 785 g/mol. The second-order valence-corrected chi connectivity index (χ2v) is 18.1. The van der Waals surface area contributed by atoms with E-state index >= 15 is 0 Å². The molecule has 320 valence electrons. The first kappa shape index (κ1) is 53.0. The number of phosphoric acid groups is 1. The largest absolute Gasteiger partial charge is 0.756 e. The van der Waals surface area contributed by atoms with Gasteiger partial charge < -0.3 is 28.8 Å². The normalized spacial score (nSPS) is 14.6.